The van der Waals surface area contributed by atoms with Gasteiger partial charge in [-0.25, -0.2) is 0 Å². The number of ketones is 1. The van der Waals surface area contributed by atoms with Crippen molar-refractivity contribution in [3.8, 4) is 0 Å². The Morgan fingerprint density at radius 1 is 1.08 bits per heavy atom. The fourth-order valence-electron chi connectivity index (χ4n) is 7.65. The molecule has 0 spiro atoms. The molecule has 216 valence electrons. The number of esters is 1. The third kappa shape index (κ3) is 6.33. The largest absolute Gasteiger partial charge is 0.466 e. The summed E-state index contributed by atoms with van der Waals surface area (Å²) in [6.45, 7) is 13.9. The number of Topliss-reactive ketones (excluding diaryl/α,β-unsaturated/α-hetero) is 1. The van der Waals surface area contributed by atoms with Gasteiger partial charge in [-0.15, -0.1) is 0 Å². The smallest absolute Gasteiger partial charge is 0.308 e. The minimum absolute atomic E-state index is 0.0795. The molecule has 0 aliphatic heterocycles. The number of fused-ring (bicyclic) bond motifs is 1. The lowest BCUT2D eigenvalue weighted by molar-refractivity contribution is -0.153. The maximum Gasteiger partial charge on any atom is 0.308 e. The number of ether oxygens (including phenoxy) is 1. The first-order valence-electron chi connectivity index (χ1n) is 15.6. The van der Waals surface area contributed by atoms with Gasteiger partial charge in [0.1, 0.15) is 5.78 Å². The molecule has 4 aliphatic rings. The molecule has 0 aromatic heterocycles. The van der Waals surface area contributed by atoms with E-state index in [-0.39, 0.29) is 40.6 Å². The number of hydrogen-bond acceptors (Lipinski definition) is 5. The second kappa shape index (κ2) is 11.9. The van der Waals surface area contributed by atoms with E-state index in [2.05, 4.69) is 46.0 Å². The number of carbonyl (C=O) groups is 2. The Hall–Kier alpha value is -0.983. The Bertz CT molecular complexity index is 860. The van der Waals surface area contributed by atoms with Crippen LogP contribution in [0.5, 0.6) is 0 Å². The fraction of sp³-hybridized carbons (Fsp3) is 0.875. The molecule has 0 heterocycles. The zero-order valence-corrected chi connectivity index (χ0v) is 26.0. The maximum atomic E-state index is 13.5. The summed E-state index contributed by atoms with van der Waals surface area (Å²) in [5, 5.41) is 11.8. The van der Waals surface area contributed by atoms with Crippen molar-refractivity contribution in [3.05, 3.63) is 12.2 Å². The topological polar surface area (TPSA) is 72.8 Å². The Balaban J connectivity index is 1.43. The monoisotopic (exact) mass is 546 g/mol. The SMILES string of the molecule is CCOC(=O)C1CCC(O)(C2CC3C(/C=C/C(O[Si](C)(C)C(C)(C)C)C4CCCCC4)CCC3C2=O)CC1. The van der Waals surface area contributed by atoms with Crippen LogP contribution >= 0.6 is 0 Å². The van der Waals surface area contributed by atoms with Crippen molar-refractivity contribution in [2.75, 3.05) is 6.61 Å². The Labute approximate surface area is 232 Å². The molecule has 5 unspecified atom stereocenters. The van der Waals surface area contributed by atoms with Crippen molar-refractivity contribution in [3.63, 3.8) is 0 Å². The van der Waals surface area contributed by atoms with Gasteiger partial charge in [0.2, 0.25) is 0 Å². The average molecular weight is 547 g/mol. The molecule has 0 radical (unpaired) electrons. The van der Waals surface area contributed by atoms with E-state index < -0.39 is 13.9 Å². The van der Waals surface area contributed by atoms with Gasteiger partial charge in [-0.05, 0) is 101 Å². The zero-order valence-electron chi connectivity index (χ0n) is 25.0. The van der Waals surface area contributed by atoms with Crippen molar-refractivity contribution in [1.29, 1.82) is 0 Å². The van der Waals surface area contributed by atoms with Gasteiger partial charge in [0, 0.05) is 11.8 Å². The van der Waals surface area contributed by atoms with Crippen molar-refractivity contribution in [2.24, 2.45) is 35.5 Å². The van der Waals surface area contributed by atoms with Crippen LogP contribution in [0.3, 0.4) is 0 Å². The molecule has 5 nitrogen and oxygen atoms in total. The van der Waals surface area contributed by atoms with Crippen LogP contribution in [0.4, 0.5) is 0 Å². The summed E-state index contributed by atoms with van der Waals surface area (Å²) < 4.78 is 12.2. The molecule has 0 saturated heterocycles. The van der Waals surface area contributed by atoms with E-state index in [4.69, 9.17) is 9.16 Å². The quantitative estimate of drug-likeness (QED) is 0.197. The van der Waals surface area contributed by atoms with Crippen LogP contribution in [0.25, 0.3) is 0 Å². The molecule has 0 amide bonds. The molecule has 38 heavy (non-hydrogen) atoms. The fourth-order valence-corrected chi connectivity index (χ4v) is 8.95. The number of carbonyl (C=O) groups excluding carboxylic acids is 2. The van der Waals surface area contributed by atoms with E-state index in [1.807, 2.05) is 6.92 Å². The van der Waals surface area contributed by atoms with Gasteiger partial charge in [0.25, 0.3) is 0 Å². The van der Waals surface area contributed by atoms with Crippen molar-refractivity contribution in [1.82, 2.24) is 0 Å². The third-order valence-electron chi connectivity index (χ3n) is 11.1. The van der Waals surface area contributed by atoms with Crippen LogP contribution in [0.15, 0.2) is 12.2 Å². The number of allylic oxidation sites excluding steroid dienone is 1. The van der Waals surface area contributed by atoms with E-state index >= 15 is 0 Å². The summed E-state index contributed by atoms with van der Waals surface area (Å²) >= 11 is 0. The zero-order chi connectivity index (χ0) is 27.7. The minimum Gasteiger partial charge on any atom is -0.466 e. The van der Waals surface area contributed by atoms with E-state index in [9.17, 15) is 14.7 Å². The molecule has 0 aromatic rings. The number of hydrogen-bond donors (Lipinski definition) is 1. The van der Waals surface area contributed by atoms with Gasteiger partial charge in [0.15, 0.2) is 8.32 Å². The highest BCUT2D eigenvalue weighted by atomic mass is 28.4. The van der Waals surface area contributed by atoms with Crippen LogP contribution in [0, 0.1) is 35.5 Å². The summed E-state index contributed by atoms with van der Waals surface area (Å²) in [4.78, 5) is 25.7. The molecular formula is C32H54O5Si. The highest BCUT2D eigenvalue weighted by molar-refractivity contribution is 6.74. The van der Waals surface area contributed by atoms with Crippen LogP contribution in [-0.4, -0.2) is 43.5 Å². The van der Waals surface area contributed by atoms with Gasteiger partial charge in [-0.3, -0.25) is 9.59 Å². The lowest BCUT2D eigenvalue weighted by atomic mass is 9.70. The molecule has 1 N–H and O–H groups in total. The third-order valence-corrected chi connectivity index (χ3v) is 15.6. The summed E-state index contributed by atoms with van der Waals surface area (Å²) in [7, 11) is -1.90. The summed E-state index contributed by atoms with van der Waals surface area (Å²) in [6, 6.07) is 0. The van der Waals surface area contributed by atoms with Crippen LogP contribution in [0.1, 0.15) is 105 Å². The lowest BCUT2D eigenvalue weighted by Gasteiger charge is -2.41. The van der Waals surface area contributed by atoms with Gasteiger partial charge in [-0.1, -0.05) is 52.2 Å². The Morgan fingerprint density at radius 3 is 2.34 bits per heavy atom. The van der Waals surface area contributed by atoms with Crippen molar-refractivity contribution in [2.45, 2.75) is 135 Å². The van der Waals surface area contributed by atoms with Gasteiger partial charge in [0.05, 0.1) is 24.2 Å². The van der Waals surface area contributed by atoms with Gasteiger partial charge < -0.3 is 14.3 Å². The highest BCUT2D eigenvalue weighted by Gasteiger charge is 2.56. The maximum absolute atomic E-state index is 13.5. The standard InChI is InChI=1S/C32H54O5Si/c1-7-36-30(34)24-17-19-32(35,20-18-24)27-21-26-22(13-15-25(26)29(27)33)14-16-28(23-11-9-8-10-12-23)37-38(5,6)31(2,3)4/h14,16,22-28,35H,7-13,15,17-21H2,1-6H3/b16-14+. The molecule has 4 fully saturated rings. The van der Waals surface area contributed by atoms with E-state index in [0.29, 0.717) is 50.0 Å². The van der Waals surface area contributed by atoms with Crippen LogP contribution in [-0.2, 0) is 18.8 Å². The van der Waals surface area contributed by atoms with Crippen LogP contribution < -0.4 is 0 Å². The first kappa shape index (κ1) is 30.0. The number of aliphatic hydroxyl groups is 1. The van der Waals surface area contributed by atoms with E-state index in [0.717, 1.165) is 19.3 Å². The normalized spacial score (nSPS) is 36.0. The molecule has 6 heteroatoms. The van der Waals surface area contributed by atoms with Crippen molar-refractivity contribution >= 4 is 20.1 Å². The number of rotatable bonds is 8. The first-order chi connectivity index (χ1) is 17.9. The lowest BCUT2D eigenvalue weighted by Crippen LogP contribution is -2.45. The predicted molar refractivity (Wildman–Crippen MR) is 154 cm³/mol. The van der Waals surface area contributed by atoms with Gasteiger partial charge in [-0.2, -0.15) is 0 Å². The van der Waals surface area contributed by atoms with E-state index in [1.165, 1.54) is 32.1 Å². The summed E-state index contributed by atoms with van der Waals surface area (Å²) in [5.74, 6) is 1.11. The Morgan fingerprint density at radius 2 is 1.74 bits per heavy atom. The molecule has 4 saturated carbocycles. The second-order valence-electron chi connectivity index (χ2n) is 14.5. The molecule has 4 rings (SSSR count). The Kier molecular flexibility index (Phi) is 9.36. The van der Waals surface area contributed by atoms with Crippen LogP contribution in [0.2, 0.25) is 18.1 Å². The second-order valence-corrected chi connectivity index (χ2v) is 19.2. The minimum atomic E-state index is -1.90. The highest BCUT2D eigenvalue weighted by Crippen LogP contribution is 2.54. The van der Waals surface area contributed by atoms with E-state index in [1.54, 1.807) is 0 Å². The molecular weight excluding hydrogens is 492 g/mol. The molecule has 4 aliphatic carbocycles. The predicted octanol–water partition coefficient (Wildman–Crippen LogP) is 7.23. The summed E-state index contributed by atoms with van der Waals surface area (Å²) in [5.41, 5.74) is -0.964. The first-order valence-corrected chi connectivity index (χ1v) is 18.6. The summed E-state index contributed by atoms with van der Waals surface area (Å²) in [6.07, 6.45) is 16.5. The molecule has 0 bridgehead atoms. The van der Waals surface area contributed by atoms with Crippen molar-refractivity contribution < 1.29 is 23.9 Å². The van der Waals surface area contributed by atoms with Gasteiger partial charge >= 0.3 is 5.97 Å². The molecule has 0 aromatic carbocycles. The average Bonchev–Trinajstić information content (AvgIpc) is 3.42. The molecule has 5 atom stereocenters.